The normalized spacial score (nSPS) is 14.7. The Kier molecular flexibility index (Phi) is 6.09. The second-order valence-electron chi connectivity index (χ2n) is 7.86. The fourth-order valence-corrected chi connectivity index (χ4v) is 4.11. The van der Waals surface area contributed by atoms with Crippen LogP contribution >= 0.6 is 0 Å². The molecule has 5 rings (SSSR count). The Morgan fingerprint density at radius 3 is 2.65 bits per heavy atom. The number of aldehydes is 1. The third-order valence-electron chi connectivity index (χ3n) is 5.91. The van der Waals surface area contributed by atoms with Gasteiger partial charge in [-0.15, -0.1) is 0 Å². The zero-order valence-electron chi connectivity index (χ0n) is 18.5. The summed E-state index contributed by atoms with van der Waals surface area (Å²) in [5.74, 6) is -0.803. The maximum Gasteiger partial charge on any atom is 0.231 e. The van der Waals surface area contributed by atoms with Gasteiger partial charge < -0.3 is 19.2 Å². The Labute approximate surface area is 195 Å². The van der Waals surface area contributed by atoms with E-state index in [1.165, 1.54) is 31.9 Å². The maximum absolute atomic E-state index is 15.0. The molecular weight excluding hydrogens is 437 g/mol. The molecular formula is C25H22FN5O3. The quantitative estimate of drug-likeness (QED) is 0.405. The minimum absolute atomic E-state index is 0.289. The van der Waals surface area contributed by atoms with Crippen molar-refractivity contribution in [2.45, 2.75) is 5.92 Å². The van der Waals surface area contributed by atoms with Crippen molar-refractivity contribution < 1.29 is 18.7 Å². The average Bonchev–Trinajstić information content (AvgIpc) is 2.90. The molecule has 1 saturated heterocycles. The molecule has 0 amide bonds. The van der Waals surface area contributed by atoms with Gasteiger partial charge in [0.05, 0.1) is 55.5 Å². The molecule has 34 heavy (non-hydrogen) atoms. The second kappa shape index (κ2) is 9.48. The van der Waals surface area contributed by atoms with Crippen molar-refractivity contribution in [3.8, 4) is 17.1 Å². The number of carbonyl (C=O) groups excluding carboxylic acids is 1. The van der Waals surface area contributed by atoms with E-state index in [0.717, 1.165) is 30.4 Å². The molecule has 9 heteroatoms. The van der Waals surface area contributed by atoms with Gasteiger partial charge in [-0.05, 0) is 35.9 Å². The third kappa shape index (κ3) is 4.17. The number of benzene rings is 2. The first kappa shape index (κ1) is 21.8. The van der Waals surface area contributed by atoms with Crippen molar-refractivity contribution in [3.05, 3.63) is 72.2 Å². The lowest BCUT2D eigenvalue weighted by Crippen LogP contribution is -2.36. The molecule has 0 bridgehead atoms. The van der Waals surface area contributed by atoms with Crippen molar-refractivity contribution in [1.29, 1.82) is 0 Å². The number of hydrogen-bond acceptors (Lipinski definition) is 8. The molecule has 0 N–H and O–H groups in total. The number of methoxy groups -OCH3 is 1. The SMILES string of the molecule is COc1cnc(C(C=O)c2ccc(F)c(-c3ncnc4cc(N5CCOCC5)ccc34)c2)cn1. The van der Waals surface area contributed by atoms with Crippen LogP contribution in [0.3, 0.4) is 0 Å². The van der Waals surface area contributed by atoms with Gasteiger partial charge in [-0.3, -0.25) is 4.98 Å². The third-order valence-corrected chi connectivity index (χ3v) is 5.91. The molecule has 4 aromatic rings. The van der Waals surface area contributed by atoms with Crippen molar-refractivity contribution >= 4 is 22.9 Å². The van der Waals surface area contributed by atoms with Crippen LogP contribution in [0.25, 0.3) is 22.2 Å². The summed E-state index contributed by atoms with van der Waals surface area (Å²) in [5, 5.41) is 0.724. The van der Waals surface area contributed by atoms with E-state index >= 15 is 4.39 Å². The van der Waals surface area contributed by atoms with Gasteiger partial charge in [0.1, 0.15) is 18.4 Å². The average molecular weight is 459 g/mol. The first-order chi connectivity index (χ1) is 16.7. The number of ether oxygens (including phenoxy) is 2. The first-order valence-electron chi connectivity index (χ1n) is 10.9. The fourth-order valence-electron chi connectivity index (χ4n) is 4.11. The molecule has 1 aliphatic rings. The van der Waals surface area contributed by atoms with Crippen LogP contribution in [0.15, 0.2) is 55.1 Å². The lowest BCUT2D eigenvalue weighted by Gasteiger charge is -2.29. The van der Waals surface area contributed by atoms with Gasteiger partial charge >= 0.3 is 0 Å². The Morgan fingerprint density at radius 2 is 1.91 bits per heavy atom. The monoisotopic (exact) mass is 459 g/mol. The summed E-state index contributed by atoms with van der Waals surface area (Å²) in [6.07, 6.45) is 5.12. The number of halogens is 1. The minimum atomic E-state index is -0.709. The Balaban J connectivity index is 1.54. The largest absolute Gasteiger partial charge is 0.480 e. The molecule has 1 fully saturated rings. The van der Waals surface area contributed by atoms with Crippen LogP contribution in [0.1, 0.15) is 17.2 Å². The Hall–Kier alpha value is -3.98. The molecule has 172 valence electrons. The number of carbonyl (C=O) groups is 1. The first-order valence-corrected chi connectivity index (χ1v) is 10.9. The Morgan fingerprint density at radius 1 is 1.06 bits per heavy atom. The van der Waals surface area contributed by atoms with Gasteiger partial charge in [-0.1, -0.05) is 6.07 Å². The van der Waals surface area contributed by atoms with Gasteiger partial charge in [-0.25, -0.2) is 19.3 Å². The maximum atomic E-state index is 15.0. The van der Waals surface area contributed by atoms with E-state index in [-0.39, 0.29) is 5.56 Å². The topological polar surface area (TPSA) is 90.3 Å². The van der Waals surface area contributed by atoms with Crippen LogP contribution in [0.2, 0.25) is 0 Å². The zero-order valence-corrected chi connectivity index (χ0v) is 18.5. The Bertz CT molecular complexity index is 1330. The van der Waals surface area contributed by atoms with Gasteiger partial charge in [0.2, 0.25) is 5.88 Å². The second-order valence-corrected chi connectivity index (χ2v) is 7.86. The van der Waals surface area contributed by atoms with E-state index in [4.69, 9.17) is 9.47 Å². The van der Waals surface area contributed by atoms with E-state index in [1.807, 2.05) is 18.2 Å². The van der Waals surface area contributed by atoms with Crippen LogP contribution in [0.4, 0.5) is 10.1 Å². The van der Waals surface area contributed by atoms with Gasteiger partial charge in [-0.2, -0.15) is 0 Å². The molecule has 2 aromatic carbocycles. The van der Waals surface area contributed by atoms with E-state index in [1.54, 1.807) is 12.1 Å². The molecule has 2 aromatic heterocycles. The highest BCUT2D eigenvalue weighted by Crippen LogP contribution is 2.33. The minimum Gasteiger partial charge on any atom is -0.480 e. The highest BCUT2D eigenvalue weighted by atomic mass is 19.1. The molecule has 1 unspecified atom stereocenters. The van der Waals surface area contributed by atoms with E-state index < -0.39 is 11.7 Å². The van der Waals surface area contributed by atoms with Crippen LogP contribution in [0, 0.1) is 5.82 Å². The van der Waals surface area contributed by atoms with Crippen LogP contribution < -0.4 is 9.64 Å². The molecule has 0 spiro atoms. The van der Waals surface area contributed by atoms with Crippen molar-refractivity contribution in [1.82, 2.24) is 19.9 Å². The summed E-state index contributed by atoms with van der Waals surface area (Å²) in [6.45, 7) is 2.98. The molecule has 0 saturated carbocycles. The van der Waals surface area contributed by atoms with Crippen molar-refractivity contribution in [2.75, 3.05) is 38.3 Å². The predicted molar refractivity (Wildman–Crippen MR) is 124 cm³/mol. The summed E-state index contributed by atoms with van der Waals surface area (Å²) in [6, 6.07) is 10.4. The van der Waals surface area contributed by atoms with Gasteiger partial charge in [0, 0.05) is 29.7 Å². The molecule has 0 radical (unpaired) electrons. The molecule has 1 atom stereocenters. The number of rotatable bonds is 6. The molecule has 8 nitrogen and oxygen atoms in total. The van der Waals surface area contributed by atoms with Crippen LogP contribution in [-0.4, -0.2) is 59.6 Å². The number of nitrogens with zero attached hydrogens (tertiary/aromatic N) is 5. The highest BCUT2D eigenvalue weighted by Gasteiger charge is 2.20. The molecule has 1 aliphatic heterocycles. The lowest BCUT2D eigenvalue weighted by atomic mass is 9.94. The fraction of sp³-hybridized carbons (Fsp3) is 0.240. The molecule has 3 heterocycles. The summed E-state index contributed by atoms with van der Waals surface area (Å²) >= 11 is 0. The van der Waals surface area contributed by atoms with E-state index in [0.29, 0.717) is 41.6 Å². The van der Waals surface area contributed by atoms with Gasteiger partial charge in [0.15, 0.2) is 0 Å². The predicted octanol–water partition coefficient (Wildman–Crippen LogP) is 3.40. The number of hydrogen-bond donors (Lipinski definition) is 0. The van der Waals surface area contributed by atoms with E-state index in [2.05, 4.69) is 24.8 Å². The lowest BCUT2D eigenvalue weighted by molar-refractivity contribution is -0.108. The van der Waals surface area contributed by atoms with Crippen molar-refractivity contribution in [3.63, 3.8) is 0 Å². The van der Waals surface area contributed by atoms with E-state index in [9.17, 15) is 4.79 Å². The smallest absolute Gasteiger partial charge is 0.231 e. The number of aromatic nitrogens is 4. The number of anilines is 1. The van der Waals surface area contributed by atoms with Crippen molar-refractivity contribution in [2.24, 2.45) is 0 Å². The summed E-state index contributed by atoms with van der Waals surface area (Å²) < 4.78 is 25.5. The number of fused-ring (bicyclic) bond motifs is 1. The van der Waals surface area contributed by atoms with Gasteiger partial charge in [0.25, 0.3) is 0 Å². The summed E-state index contributed by atoms with van der Waals surface area (Å²) in [4.78, 5) is 31.4. The standard InChI is InChI=1S/C25H22FN5O3/c1-33-24-13-27-23(12-28-24)20(14-32)16-2-5-21(26)19(10-16)25-18-4-3-17(11-22(18)29-15-30-25)31-6-8-34-9-7-31/h2-5,10-15,20H,6-9H2,1H3. The van der Waals surface area contributed by atoms with Crippen LogP contribution in [0.5, 0.6) is 5.88 Å². The summed E-state index contributed by atoms with van der Waals surface area (Å²) in [7, 11) is 1.49. The highest BCUT2D eigenvalue weighted by molar-refractivity contribution is 5.94. The molecule has 0 aliphatic carbocycles. The summed E-state index contributed by atoms with van der Waals surface area (Å²) in [5.41, 5.74) is 3.53. The van der Waals surface area contributed by atoms with Crippen LogP contribution in [-0.2, 0) is 9.53 Å². The number of morpholine rings is 1. The zero-order chi connectivity index (χ0) is 23.5.